The molecule has 13 heavy (non-hydrogen) atoms. The second-order valence-electron chi connectivity index (χ2n) is 4.10. The standard InChI is InChI=1S/C9H17NO2S/c10-8(2-5-13-6-3-8)9(11)1-4-12-7-9/h11H,1-7,10H2. The van der Waals surface area contributed by atoms with Crippen LogP contribution < -0.4 is 5.73 Å². The summed E-state index contributed by atoms with van der Waals surface area (Å²) in [5.74, 6) is 2.14. The Kier molecular flexibility index (Phi) is 2.57. The van der Waals surface area contributed by atoms with Crippen LogP contribution in [0.15, 0.2) is 0 Å². The molecule has 0 radical (unpaired) electrons. The molecule has 2 rings (SSSR count). The van der Waals surface area contributed by atoms with Crippen LogP contribution in [0.3, 0.4) is 0 Å². The Labute approximate surface area is 83.0 Å². The van der Waals surface area contributed by atoms with Gasteiger partial charge in [-0.05, 0) is 24.3 Å². The molecule has 0 spiro atoms. The Hall–Kier alpha value is 0.230. The van der Waals surface area contributed by atoms with Crippen LogP contribution in [0.5, 0.6) is 0 Å². The summed E-state index contributed by atoms with van der Waals surface area (Å²) in [6.07, 6.45) is 2.53. The third kappa shape index (κ3) is 1.61. The molecular weight excluding hydrogens is 186 g/mol. The first-order valence-corrected chi connectivity index (χ1v) is 5.99. The van der Waals surface area contributed by atoms with Crippen LogP contribution in [-0.4, -0.2) is 41.0 Å². The lowest BCUT2D eigenvalue weighted by Gasteiger charge is -2.44. The molecule has 0 amide bonds. The molecule has 0 bridgehead atoms. The Morgan fingerprint density at radius 3 is 2.46 bits per heavy atom. The maximum atomic E-state index is 10.3. The third-order valence-electron chi connectivity index (χ3n) is 3.31. The molecule has 0 aromatic rings. The summed E-state index contributed by atoms with van der Waals surface area (Å²) in [5, 5.41) is 10.3. The van der Waals surface area contributed by atoms with Gasteiger partial charge < -0.3 is 15.6 Å². The molecule has 2 saturated heterocycles. The average Bonchev–Trinajstić information content (AvgIpc) is 2.55. The summed E-state index contributed by atoms with van der Waals surface area (Å²) in [5.41, 5.74) is 5.11. The van der Waals surface area contributed by atoms with E-state index in [4.69, 9.17) is 10.5 Å². The summed E-state index contributed by atoms with van der Waals surface area (Å²) >= 11 is 1.92. The van der Waals surface area contributed by atoms with Crippen molar-refractivity contribution in [3.05, 3.63) is 0 Å². The highest BCUT2D eigenvalue weighted by Crippen LogP contribution is 2.38. The summed E-state index contributed by atoms with van der Waals surface area (Å²) < 4.78 is 5.24. The largest absolute Gasteiger partial charge is 0.385 e. The Balaban J connectivity index is 2.11. The highest BCUT2D eigenvalue weighted by atomic mass is 32.2. The average molecular weight is 203 g/mol. The minimum absolute atomic E-state index is 0.394. The maximum Gasteiger partial charge on any atom is 0.108 e. The first kappa shape index (κ1) is 9.77. The van der Waals surface area contributed by atoms with Crippen LogP contribution >= 0.6 is 11.8 Å². The second kappa shape index (κ2) is 3.42. The first-order chi connectivity index (χ1) is 6.16. The summed E-state index contributed by atoms with van der Waals surface area (Å²) in [6.45, 7) is 1.08. The fraction of sp³-hybridized carbons (Fsp3) is 1.00. The Bertz CT molecular complexity index is 186. The van der Waals surface area contributed by atoms with Crippen molar-refractivity contribution in [1.82, 2.24) is 0 Å². The van der Waals surface area contributed by atoms with E-state index in [1.54, 1.807) is 0 Å². The number of hydrogen-bond acceptors (Lipinski definition) is 4. The van der Waals surface area contributed by atoms with Crippen molar-refractivity contribution in [1.29, 1.82) is 0 Å². The molecule has 0 aromatic carbocycles. The smallest absolute Gasteiger partial charge is 0.108 e. The topological polar surface area (TPSA) is 55.5 Å². The van der Waals surface area contributed by atoms with Gasteiger partial charge in [0.05, 0.1) is 6.61 Å². The predicted molar refractivity (Wildman–Crippen MR) is 53.9 cm³/mol. The van der Waals surface area contributed by atoms with Gasteiger partial charge in [-0.2, -0.15) is 11.8 Å². The number of hydrogen-bond donors (Lipinski definition) is 2. The summed E-state index contributed by atoms with van der Waals surface area (Å²) in [6, 6.07) is 0. The molecule has 1 atom stereocenters. The highest BCUT2D eigenvalue weighted by molar-refractivity contribution is 7.99. The van der Waals surface area contributed by atoms with E-state index in [-0.39, 0.29) is 0 Å². The van der Waals surface area contributed by atoms with E-state index in [2.05, 4.69) is 0 Å². The van der Waals surface area contributed by atoms with Gasteiger partial charge >= 0.3 is 0 Å². The molecule has 0 saturated carbocycles. The molecule has 3 N–H and O–H groups in total. The van der Waals surface area contributed by atoms with Crippen LogP contribution in [0.2, 0.25) is 0 Å². The number of ether oxygens (including phenoxy) is 1. The van der Waals surface area contributed by atoms with Crippen LogP contribution in [0.1, 0.15) is 19.3 Å². The van der Waals surface area contributed by atoms with Crippen molar-refractivity contribution < 1.29 is 9.84 Å². The molecule has 0 aromatic heterocycles. The van der Waals surface area contributed by atoms with Gasteiger partial charge in [0, 0.05) is 18.6 Å². The fourth-order valence-corrected chi connectivity index (χ4v) is 3.37. The van der Waals surface area contributed by atoms with Crippen molar-refractivity contribution in [2.75, 3.05) is 24.7 Å². The van der Waals surface area contributed by atoms with E-state index >= 15 is 0 Å². The van der Waals surface area contributed by atoms with Crippen LogP contribution in [0.25, 0.3) is 0 Å². The Morgan fingerprint density at radius 1 is 1.23 bits per heavy atom. The van der Waals surface area contributed by atoms with Crippen LogP contribution in [-0.2, 0) is 4.74 Å². The zero-order valence-corrected chi connectivity index (χ0v) is 8.61. The van der Waals surface area contributed by atoms with Gasteiger partial charge in [0.1, 0.15) is 5.60 Å². The van der Waals surface area contributed by atoms with E-state index < -0.39 is 11.1 Å². The zero-order valence-electron chi connectivity index (χ0n) is 7.79. The third-order valence-corrected chi connectivity index (χ3v) is 4.30. The SMILES string of the molecule is NC1(C2(O)CCOC2)CCSCC1. The lowest BCUT2D eigenvalue weighted by atomic mass is 9.75. The quantitative estimate of drug-likeness (QED) is 0.646. The fourth-order valence-electron chi connectivity index (χ4n) is 2.15. The van der Waals surface area contributed by atoms with E-state index in [9.17, 15) is 5.11 Å². The molecule has 4 heteroatoms. The number of aliphatic hydroxyl groups is 1. The van der Waals surface area contributed by atoms with E-state index in [1.807, 2.05) is 11.8 Å². The van der Waals surface area contributed by atoms with Crippen molar-refractivity contribution in [2.45, 2.75) is 30.4 Å². The minimum atomic E-state index is -0.756. The van der Waals surface area contributed by atoms with Gasteiger partial charge in [-0.1, -0.05) is 0 Å². The number of nitrogens with two attached hydrogens (primary N) is 1. The van der Waals surface area contributed by atoms with Gasteiger partial charge in [-0.15, -0.1) is 0 Å². The number of thioether (sulfide) groups is 1. The molecule has 2 fully saturated rings. The van der Waals surface area contributed by atoms with Gasteiger partial charge in [-0.25, -0.2) is 0 Å². The monoisotopic (exact) mass is 203 g/mol. The molecular formula is C9H17NO2S. The molecule has 2 heterocycles. The molecule has 2 aliphatic heterocycles. The lowest BCUT2D eigenvalue weighted by Crippen LogP contribution is -2.62. The van der Waals surface area contributed by atoms with Gasteiger partial charge in [0.15, 0.2) is 0 Å². The van der Waals surface area contributed by atoms with Gasteiger partial charge in [0.2, 0.25) is 0 Å². The summed E-state index contributed by atoms with van der Waals surface area (Å²) in [4.78, 5) is 0. The normalized spacial score (nSPS) is 39.2. The van der Waals surface area contributed by atoms with Crippen LogP contribution in [0.4, 0.5) is 0 Å². The van der Waals surface area contributed by atoms with Crippen molar-refractivity contribution in [3.8, 4) is 0 Å². The zero-order chi connectivity index (χ0) is 9.36. The van der Waals surface area contributed by atoms with E-state index in [0.717, 1.165) is 24.3 Å². The van der Waals surface area contributed by atoms with Gasteiger partial charge in [-0.3, -0.25) is 0 Å². The molecule has 2 aliphatic rings. The highest BCUT2D eigenvalue weighted by Gasteiger charge is 2.50. The first-order valence-electron chi connectivity index (χ1n) is 4.83. The van der Waals surface area contributed by atoms with E-state index in [1.165, 1.54) is 0 Å². The predicted octanol–water partition coefficient (Wildman–Crippen LogP) is 0.362. The van der Waals surface area contributed by atoms with Crippen molar-refractivity contribution in [2.24, 2.45) is 5.73 Å². The molecule has 0 aliphatic carbocycles. The molecule has 76 valence electrons. The van der Waals surface area contributed by atoms with Gasteiger partial charge in [0.25, 0.3) is 0 Å². The van der Waals surface area contributed by atoms with E-state index in [0.29, 0.717) is 19.6 Å². The minimum Gasteiger partial charge on any atom is -0.385 e. The van der Waals surface area contributed by atoms with Crippen LogP contribution in [0, 0.1) is 0 Å². The number of rotatable bonds is 1. The molecule has 1 unspecified atom stereocenters. The van der Waals surface area contributed by atoms with Crippen molar-refractivity contribution >= 4 is 11.8 Å². The second-order valence-corrected chi connectivity index (χ2v) is 5.33. The maximum absolute atomic E-state index is 10.3. The van der Waals surface area contributed by atoms with Crippen molar-refractivity contribution in [3.63, 3.8) is 0 Å². The Morgan fingerprint density at radius 2 is 1.92 bits per heavy atom. The molecule has 3 nitrogen and oxygen atoms in total. The lowest BCUT2D eigenvalue weighted by molar-refractivity contribution is -0.0444. The summed E-state index contributed by atoms with van der Waals surface area (Å²) in [7, 11) is 0.